The topological polar surface area (TPSA) is 79.0 Å². The number of benzene rings is 2. The van der Waals surface area contributed by atoms with Crippen molar-refractivity contribution in [2.24, 2.45) is 0 Å². The van der Waals surface area contributed by atoms with Gasteiger partial charge in [-0.2, -0.15) is 5.26 Å². The minimum absolute atomic E-state index is 0.142. The van der Waals surface area contributed by atoms with E-state index in [1.807, 2.05) is 13.0 Å². The molecule has 3 rings (SSSR count). The Morgan fingerprint density at radius 2 is 1.97 bits per heavy atom. The van der Waals surface area contributed by atoms with Crippen LogP contribution in [0.5, 0.6) is 0 Å². The molecule has 0 aliphatic heterocycles. The number of aryl methyl sites for hydroxylation is 1. The molecule has 1 heterocycles. The van der Waals surface area contributed by atoms with E-state index in [0.717, 1.165) is 5.56 Å². The molecule has 0 saturated heterocycles. The van der Waals surface area contributed by atoms with Crippen LogP contribution in [0.2, 0.25) is 15.1 Å². The summed E-state index contributed by atoms with van der Waals surface area (Å²) >= 11 is 18.2. The Hall–Kier alpha value is -2.59. The second kappa shape index (κ2) is 8.83. The van der Waals surface area contributed by atoms with E-state index in [1.165, 1.54) is 27.9 Å². The molecule has 0 atom stereocenters. The minimum Gasteiger partial charge on any atom is -0.310 e. The quantitative estimate of drug-likeness (QED) is 0.570. The summed E-state index contributed by atoms with van der Waals surface area (Å²) in [6.45, 7) is 1.76. The van der Waals surface area contributed by atoms with E-state index in [4.69, 9.17) is 40.1 Å². The molecule has 6 nitrogen and oxygen atoms in total. The van der Waals surface area contributed by atoms with Crippen LogP contribution in [0.1, 0.15) is 12.0 Å². The SMILES string of the molecule is Cc1cc(N(CCC#N)C(=O)Cn2cnc3c(Cl)cc(Cl)cc3c2=O)ccc1Cl. The summed E-state index contributed by atoms with van der Waals surface area (Å²) in [5.74, 6) is -0.363. The van der Waals surface area contributed by atoms with Crippen LogP contribution in [-0.2, 0) is 11.3 Å². The third-order valence-corrected chi connectivity index (χ3v) is 5.28. The van der Waals surface area contributed by atoms with Crippen molar-refractivity contribution < 1.29 is 4.79 Å². The van der Waals surface area contributed by atoms with Gasteiger partial charge in [0.15, 0.2) is 0 Å². The molecular weight excluding hydrogens is 435 g/mol. The molecule has 1 aromatic heterocycles. The summed E-state index contributed by atoms with van der Waals surface area (Å²) in [6, 6.07) is 10.1. The third-order valence-electron chi connectivity index (χ3n) is 4.35. The Kier molecular flexibility index (Phi) is 6.43. The van der Waals surface area contributed by atoms with Gasteiger partial charge in [-0.25, -0.2) is 4.98 Å². The van der Waals surface area contributed by atoms with Gasteiger partial charge in [-0.3, -0.25) is 14.2 Å². The fraction of sp³-hybridized carbons (Fsp3) is 0.200. The monoisotopic (exact) mass is 448 g/mol. The molecule has 0 bridgehead atoms. The van der Waals surface area contributed by atoms with E-state index in [1.54, 1.807) is 18.2 Å². The molecule has 0 aliphatic carbocycles. The first kappa shape index (κ1) is 21.1. The fourth-order valence-corrected chi connectivity index (χ4v) is 3.55. The van der Waals surface area contributed by atoms with Crippen LogP contribution in [0.3, 0.4) is 0 Å². The molecule has 0 fully saturated rings. The number of carbonyl (C=O) groups excluding carboxylic acids is 1. The van der Waals surface area contributed by atoms with E-state index in [2.05, 4.69) is 4.98 Å². The number of carbonyl (C=O) groups is 1. The van der Waals surface area contributed by atoms with Gasteiger partial charge in [-0.05, 0) is 42.8 Å². The van der Waals surface area contributed by atoms with E-state index in [-0.39, 0.29) is 35.8 Å². The van der Waals surface area contributed by atoms with Crippen LogP contribution >= 0.6 is 34.8 Å². The lowest BCUT2D eigenvalue weighted by atomic mass is 10.2. The number of hydrogen-bond acceptors (Lipinski definition) is 4. The van der Waals surface area contributed by atoms with Crippen LogP contribution in [0.25, 0.3) is 10.9 Å². The molecule has 2 aromatic carbocycles. The van der Waals surface area contributed by atoms with Crippen molar-refractivity contribution in [2.75, 3.05) is 11.4 Å². The highest BCUT2D eigenvalue weighted by molar-refractivity contribution is 6.38. The van der Waals surface area contributed by atoms with Crippen molar-refractivity contribution in [1.29, 1.82) is 5.26 Å². The summed E-state index contributed by atoms with van der Waals surface area (Å²) < 4.78 is 1.19. The van der Waals surface area contributed by atoms with Crippen molar-refractivity contribution >= 4 is 57.3 Å². The molecule has 29 heavy (non-hydrogen) atoms. The average molecular weight is 450 g/mol. The Bertz CT molecular complexity index is 1200. The Morgan fingerprint density at radius 3 is 2.66 bits per heavy atom. The second-order valence-electron chi connectivity index (χ2n) is 6.35. The molecule has 0 unspecified atom stereocenters. The fourth-order valence-electron chi connectivity index (χ4n) is 2.89. The van der Waals surface area contributed by atoms with E-state index in [9.17, 15) is 9.59 Å². The van der Waals surface area contributed by atoms with E-state index < -0.39 is 5.56 Å². The van der Waals surface area contributed by atoms with Crippen molar-refractivity contribution in [3.05, 3.63) is 67.6 Å². The average Bonchev–Trinajstić information content (AvgIpc) is 2.67. The van der Waals surface area contributed by atoms with Gasteiger partial charge >= 0.3 is 0 Å². The normalized spacial score (nSPS) is 10.7. The zero-order valence-electron chi connectivity index (χ0n) is 15.3. The number of rotatable bonds is 5. The Labute approximate surface area is 181 Å². The summed E-state index contributed by atoms with van der Waals surface area (Å²) in [4.78, 5) is 31.4. The zero-order valence-corrected chi connectivity index (χ0v) is 17.6. The first-order valence-electron chi connectivity index (χ1n) is 8.59. The van der Waals surface area contributed by atoms with Gasteiger partial charge in [0.2, 0.25) is 5.91 Å². The predicted molar refractivity (Wildman–Crippen MR) is 115 cm³/mol. The zero-order chi connectivity index (χ0) is 21.1. The van der Waals surface area contributed by atoms with Gasteiger partial charge < -0.3 is 4.90 Å². The van der Waals surface area contributed by atoms with Crippen molar-refractivity contribution in [3.8, 4) is 6.07 Å². The molecule has 148 valence electrons. The second-order valence-corrected chi connectivity index (χ2v) is 7.60. The van der Waals surface area contributed by atoms with Crippen LogP contribution < -0.4 is 10.5 Å². The van der Waals surface area contributed by atoms with Crippen molar-refractivity contribution in [1.82, 2.24) is 9.55 Å². The maximum absolute atomic E-state index is 13.0. The number of aromatic nitrogens is 2. The number of fused-ring (bicyclic) bond motifs is 1. The third kappa shape index (κ3) is 4.54. The summed E-state index contributed by atoms with van der Waals surface area (Å²) in [5, 5.41) is 10.3. The molecular formula is C20H15Cl3N4O2. The molecule has 1 amide bonds. The smallest absolute Gasteiger partial charge is 0.261 e. The molecule has 0 spiro atoms. The summed E-state index contributed by atoms with van der Waals surface area (Å²) in [7, 11) is 0. The summed E-state index contributed by atoms with van der Waals surface area (Å²) in [5.41, 5.74) is 1.28. The van der Waals surface area contributed by atoms with E-state index in [0.29, 0.717) is 21.2 Å². The molecule has 0 saturated carbocycles. The minimum atomic E-state index is -0.430. The van der Waals surface area contributed by atoms with Crippen LogP contribution in [0.4, 0.5) is 5.69 Å². The highest BCUT2D eigenvalue weighted by Crippen LogP contribution is 2.25. The maximum atomic E-state index is 13.0. The van der Waals surface area contributed by atoms with Crippen molar-refractivity contribution in [3.63, 3.8) is 0 Å². The van der Waals surface area contributed by atoms with Crippen LogP contribution in [0, 0.1) is 18.3 Å². The van der Waals surface area contributed by atoms with Gasteiger partial charge in [0, 0.05) is 22.3 Å². The number of amides is 1. The molecule has 0 aliphatic rings. The largest absolute Gasteiger partial charge is 0.310 e. The lowest BCUT2D eigenvalue weighted by Crippen LogP contribution is -2.37. The predicted octanol–water partition coefficient (Wildman–Crippen LogP) is 4.61. The molecule has 0 radical (unpaired) electrons. The molecule has 3 aromatic rings. The summed E-state index contributed by atoms with van der Waals surface area (Å²) in [6.07, 6.45) is 1.42. The molecule has 9 heteroatoms. The first-order valence-corrected chi connectivity index (χ1v) is 9.73. The van der Waals surface area contributed by atoms with Gasteiger partial charge in [0.25, 0.3) is 5.56 Å². The number of halogens is 3. The number of hydrogen-bond donors (Lipinski definition) is 0. The number of anilines is 1. The first-order chi connectivity index (χ1) is 13.8. The van der Waals surface area contributed by atoms with E-state index >= 15 is 0 Å². The highest BCUT2D eigenvalue weighted by Gasteiger charge is 2.18. The Morgan fingerprint density at radius 1 is 1.21 bits per heavy atom. The highest BCUT2D eigenvalue weighted by atomic mass is 35.5. The Balaban J connectivity index is 1.97. The van der Waals surface area contributed by atoms with Gasteiger partial charge in [0.1, 0.15) is 6.54 Å². The van der Waals surface area contributed by atoms with Gasteiger partial charge in [-0.1, -0.05) is 34.8 Å². The van der Waals surface area contributed by atoms with Gasteiger partial charge in [0.05, 0.1) is 34.7 Å². The number of nitrogens with zero attached hydrogens (tertiary/aromatic N) is 4. The maximum Gasteiger partial charge on any atom is 0.261 e. The lowest BCUT2D eigenvalue weighted by molar-refractivity contribution is -0.119. The van der Waals surface area contributed by atoms with Crippen LogP contribution in [0.15, 0.2) is 41.5 Å². The molecule has 0 N–H and O–H groups in total. The van der Waals surface area contributed by atoms with Crippen LogP contribution in [-0.4, -0.2) is 22.0 Å². The standard InChI is InChI=1S/C20H15Cl3N4O2/c1-12-7-14(3-4-16(12)22)27(6-2-5-24)18(28)10-26-11-25-19-15(20(26)29)8-13(21)9-17(19)23/h3-4,7-9,11H,2,6,10H2,1H3. The lowest BCUT2D eigenvalue weighted by Gasteiger charge is -2.23. The number of nitriles is 1. The van der Waals surface area contributed by atoms with Gasteiger partial charge in [-0.15, -0.1) is 0 Å². The van der Waals surface area contributed by atoms with Crippen molar-refractivity contribution in [2.45, 2.75) is 19.9 Å².